The predicted molar refractivity (Wildman–Crippen MR) is 95.5 cm³/mol. The Bertz CT molecular complexity index is 1120. The standard InChI is InChI=1S/C19H14N2O6/c22-10-9-20-16(11-5-7-12(8-6-11)21(25)26)15-17(23)13-3-1-2-4-14(13)27-18(15)19(20)24/h1-8,16,22H,9-10H2. The largest absolute Gasteiger partial charge is 0.450 e. The number of hydrogen-bond donors (Lipinski definition) is 1. The van der Waals surface area contributed by atoms with Gasteiger partial charge in [-0.25, -0.2) is 0 Å². The Balaban J connectivity index is 1.95. The Morgan fingerprint density at radius 1 is 1.11 bits per heavy atom. The third kappa shape index (κ3) is 2.58. The lowest BCUT2D eigenvalue weighted by Gasteiger charge is -2.24. The molecule has 8 heteroatoms. The second kappa shape index (κ2) is 6.33. The van der Waals surface area contributed by atoms with Crippen molar-refractivity contribution in [2.75, 3.05) is 13.2 Å². The Morgan fingerprint density at radius 2 is 1.81 bits per heavy atom. The first kappa shape index (κ1) is 16.9. The van der Waals surface area contributed by atoms with Gasteiger partial charge in [0, 0.05) is 18.7 Å². The minimum absolute atomic E-state index is 0.000469. The van der Waals surface area contributed by atoms with Crippen LogP contribution in [0.15, 0.2) is 57.7 Å². The van der Waals surface area contributed by atoms with Crippen molar-refractivity contribution < 1.29 is 19.2 Å². The molecule has 0 spiro atoms. The number of nitro benzene ring substituents is 1. The summed E-state index contributed by atoms with van der Waals surface area (Å²) < 4.78 is 5.71. The Hall–Kier alpha value is -3.52. The zero-order valence-electron chi connectivity index (χ0n) is 14.0. The number of β-amino-alcohol motifs (C(OH)–C–C–N with tert-alkyl or cyclic N) is 1. The Kier molecular flexibility index (Phi) is 3.97. The van der Waals surface area contributed by atoms with Gasteiger partial charge in [-0.05, 0) is 29.8 Å². The fraction of sp³-hybridized carbons (Fsp3) is 0.158. The number of nitro groups is 1. The number of hydrogen-bond acceptors (Lipinski definition) is 6. The van der Waals surface area contributed by atoms with Gasteiger partial charge in [0.15, 0.2) is 5.43 Å². The zero-order valence-corrected chi connectivity index (χ0v) is 14.0. The summed E-state index contributed by atoms with van der Waals surface area (Å²) in [6.07, 6.45) is 0. The van der Waals surface area contributed by atoms with Crippen molar-refractivity contribution in [3.8, 4) is 0 Å². The van der Waals surface area contributed by atoms with E-state index in [9.17, 15) is 24.8 Å². The molecule has 3 aromatic rings. The summed E-state index contributed by atoms with van der Waals surface area (Å²) in [5, 5.41) is 20.6. The minimum atomic E-state index is -0.777. The number of aliphatic hydroxyl groups excluding tert-OH is 1. The van der Waals surface area contributed by atoms with E-state index in [1.165, 1.54) is 29.2 Å². The summed E-state index contributed by atoms with van der Waals surface area (Å²) >= 11 is 0. The highest BCUT2D eigenvalue weighted by Crippen LogP contribution is 2.38. The number of carbonyl (C=O) groups is 1. The molecule has 1 unspecified atom stereocenters. The summed E-state index contributed by atoms with van der Waals surface area (Å²) in [5.41, 5.74) is 0.596. The number of aliphatic hydroxyl groups is 1. The number of carbonyl (C=O) groups excluding carboxylic acids is 1. The molecule has 27 heavy (non-hydrogen) atoms. The lowest BCUT2D eigenvalue weighted by molar-refractivity contribution is -0.384. The van der Waals surface area contributed by atoms with Crippen molar-refractivity contribution in [2.45, 2.75) is 6.04 Å². The highest BCUT2D eigenvalue weighted by molar-refractivity contribution is 5.99. The van der Waals surface area contributed by atoms with E-state index in [4.69, 9.17) is 4.42 Å². The average Bonchev–Trinajstić information content (AvgIpc) is 2.95. The SMILES string of the molecule is O=C1c2oc3ccccc3c(=O)c2C(c2ccc([N+](=O)[O-])cc2)N1CCO. The monoisotopic (exact) mass is 366 g/mol. The smallest absolute Gasteiger partial charge is 0.290 e. The van der Waals surface area contributed by atoms with Crippen LogP contribution in [0.3, 0.4) is 0 Å². The number of amides is 1. The van der Waals surface area contributed by atoms with Crippen LogP contribution in [0.1, 0.15) is 27.7 Å². The number of non-ortho nitro benzene ring substituents is 1. The summed E-state index contributed by atoms with van der Waals surface area (Å²) in [6, 6.07) is 11.5. The minimum Gasteiger partial charge on any atom is -0.450 e. The molecule has 136 valence electrons. The fourth-order valence-corrected chi connectivity index (χ4v) is 3.43. The van der Waals surface area contributed by atoms with Gasteiger partial charge in [-0.2, -0.15) is 0 Å². The molecule has 0 saturated carbocycles. The number of benzene rings is 2. The van der Waals surface area contributed by atoms with Crippen LogP contribution in [0.4, 0.5) is 5.69 Å². The lowest BCUT2D eigenvalue weighted by atomic mass is 9.98. The molecule has 1 aromatic heterocycles. The molecular weight excluding hydrogens is 352 g/mol. The van der Waals surface area contributed by atoms with Crippen LogP contribution in [0.2, 0.25) is 0 Å². The first-order chi connectivity index (χ1) is 13.0. The van der Waals surface area contributed by atoms with Gasteiger partial charge in [-0.15, -0.1) is 0 Å². The molecule has 0 saturated heterocycles. The van der Waals surface area contributed by atoms with Gasteiger partial charge in [0.2, 0.25) is 5.76 Å². The van der Waals surface area contributed by atoms with E-state index < -0.39 is 16.9 Å². The average molecular weight is 366 g/mol. The first-order valence-electron chi connectivity index (χ1n) is 8.25. The predicted octanol–water partition coefficient (Wildman–Crippen LogP) is 2.24. The van der Waals surface area contributed by atoms with Gasteiger partial charge in [-0.1, -0.05) is 12.1 Å². The number of para-hydroxylation sites is 1. The van der Waals surface area contributed by atoms with E-state index in [-0.39, 0.29) is 35.6 Å². The van der Waals surface area contributed by atoms with E-state index in [0.29, 0.717) is 16.5 Å². The van der Waals surface area contributed by atoms with Gasteiger partial charge in [0.1, 0.15) is 5.58 Å². The van der Waals surface area contributed by atoms with Gasteiger partial charge in [-0.3, -0.25) is 19.7 Å². The normalized spacial score (nSPS) is 16.0. The molecule has 0 bridgehead atoms. The molecule has 2 aromatic carbocycles. The van der Waals surface area contributed by atoms with Crippen molar-refractivity contribution in [1.82, 2.24) is 4.90 Å². The fourth-order valence-electron chi connectivity index (χ4n) is 3.43. The summed E-state index contributed by atoms with van der Waals surface area (Å²) in [7, 11) is 0. The van der Waals surface area contributed by atoms with Crippen LogP contribution in [0.25, 0.3) is 11.0 Å². The third-order valence-corrected chi connectivity index (χ3v) is 4.63. The highest BCUT2D eigenvalue weighted by atomic mass is 16.6. The third-order valence-electron chi connectivity index (χ3n) is 4.63. The van der Waals surface area contributed by atoms with Crippen molar-refractivity contribution in [1.29, 1.82) is 0 Å². The summed E-state index contributed by atoms with van der Waals surface area (Å²) in [6.45, 7) is -0.294. The van der Waals surface area contributed by atoms with Gasteiger partial charge >= 0.3 is 0 Å². The van der Waals surface area contributed by atoms with Crippen LogP contribution in [0.5, 0.6) is 0 Å². The van der Waals surface area contributed by atoms with Crippen LogP contribution in [-0.2, 0) is 0 Å². The van der Waals surface area contributed by atoms with E-state index in [0.717, 1.165) is 0 Å². The quantitative estimate of drug-likeness (QED) is 0.559. The van der Waals surface area contributed by atoms with Crippen LogP contribution < -0.4 is 5.43 Å². The number of nitrogens with zero attached hydrogens (tertiary/aromatic N) is 2. The molecule has 2 heterocycles. The van der Waals surface area contributed by atoms with Gasteiger partial charge in [0.25, 0.3) is 11.6 Å². The molecule has 0 aliphatic carbocycles. The maximum atomic E-state index is 13.1. The second-order valence-corrected chi connectivity index (χ2v) is 6.14. The van der Waals surface area contributed by atoms with E-state index >= 15 is 0 Å². The second-order valence-electron chi connectivity index (χ2n) is 6.14. The maximum absolute atomic E-state index is 13.1. The Morgan fingerprint density at radius 3 is 2.48 bits per heavy atom. The van der Waals surface area contributed by atoms with E-state index in [1.54, 1.807) is 24.3 Å². The molecule has 8 nitrogen and oxygen atoms in total. The lowest BCUT2D eigenvalue weighted by Crippen LogP contribution is -2.32. The molecule has 4 rings (SSSR count). The molecule has 1 atom stereocenters. The Labute approximate surface area is 152 Å². The van der Waals surface area contributed by atoms with Crippen molar-refractivity contribution in [2.24, 2.45) is 0 Å². The van der Waals surface area contributed by atoms with Gasteiger partial charge in [0.05, 0.1) is 28.5 Å². The molecule has 1 aliphatic heterocycles. The van der Waals surface area contributed by atoms with Crippen LogP contribution in [-0.4, -0.2) is 34.0 Å². The molecule has 1 aliphatic rings. The molecule has 1 N–H and O–H groups in total. The van der Waals surface area contributed by atoms with E-state index in [1.807, 2.05) is 0 Å². The number of rotatable bonds is 4. The zero-order chi connectivity index (χ0) is 19.1. The molecular formula is C19H14N2O6. The molecule has 0 radical (unpaired) electrons. The first-order valence-corrected chi connectivity index (χ1v) is 8.25. The van der Waals surface area contributed by atoms with Crippen molar-refractivity contribution >= 4 is 22.6 Å². The maximum Gasteiger partial charge on any atom is 0.290 e. The van der Waals surface area contributed by atoms with E-state index in [2.05, 4.69) is 0 Å². The van der Waals surface area contributed by atoms with Crippen molar-refractivity contribution in [3.63, 3.8) is 0 Å². The summed E-state index contributed by atoms with van der Waals surface area (Å²) in [5.74, 6) is -0.555. The van der Waals surface area contributed by atoms with Crippen molar-refractivity contribution in [3.05, 3.63) is 85.8 Å². The molecule has 1 amide bonds. The van der Waals surface area contributed by atoms with Crippen LogP contribution >= 0.6 is 0 Å². The topological polar surface area (TPSA) is 114 Å². The summed E-state index contributed by atoms with van der Waals surface area (Å²) in [4.78, 5) is 37.6. The molecule has 0 fully saturated rings. The number of fused-ring (bicyclic) bond motifs is 2. The highest BCUT2D eigenvalue weighted by Gasteiger charge is 2.42. The van der Waals surface area contributed by atoms with Crippen LogP contribution in [0, 0.1) is 10.1 Å². The van der Waals surface area contributed by atoms with Gasteiger partial charge < -0.3 is 14.4 Å².